The minimum Gasteiger partial charge on any atom is -0.493 e. The number of carbonyl (C=O) groups excluding carboxylic acids is 1. The van der Waals surface area contributed by atoms with Gasteiger partial charge in [-0.15, -0.1) is 0 Å². The maximum atomic E-state index is 12.4. The summed E-state index contributed by atoms with van der Waals surface area (Å²) in [4.78, 5) is 15.3. The Morgan fingerprint density at radius 2 is 2.24 bits per heavy atom. The highest BCUT2D eigenvalue weighted by Gasteiger charge is 2.24. The second-order valence-electron chi connectivity index (χ2n) is 5.07. The van der Waals surface area contributed by atoms with Crippen LogP contribution in [0, 0.1) is 11.6 Å². The van der Waals surface area contributed by atoms with E-state index in [1.165, 1.54) is 0 Å². The van der Waals surface area contributed by atoms with Gasteiger partial charge in [0.2, 0.25) is 0 Å². The number of rotatable bonds is 2. The van der Waals surface area contributed by atoms with Crippen molar-refractivity contribution in [3.8, 4) is 5.75 Å². The molecule has 1 aromatic heterocycles. The molecule has 0 radical (unpaired) electrons. The van der Waals surface area contributed by atoms with Gasteiger partial charge in [0.05, 0.1) is 18.2 Å². The number of ether oxygens (including phenoxy) is 1. The number of nitrogens with one attached hydrogen (secondary N) is 2. The van der Waals surface area contributed by atoms with Crippen LogP contribution in [0.15, 0.2) is 36.5 Å². The summed E-state index contributed by atoms with van der Waals surface area (Å²) in [5.74, 6) is 0.725. The third-order valence-electron chi connectivity index (χ3n) is 3.64. The molecule has 108 valence electrons. The number of carbonyl (C=O) groups is 1. The summed E-state index contributed by atoms with van der Waals surface area (Å²) >= 11 is 5.15. The highest BCUT2D eigenvalue weighted by Crippen LogP contribution is 2.34. The Morgan fingerprint density at radius 3 is 3.05 bits per heavy atom. The zero-order valence-electron chi connectivity index (χ0n) is 11.7. The number of hydrogen-bond acceptors (Lipinski definition) is 3. The Balaban J connectivity index is 1.88. The maximum absolute atomic E-state index is 12.4. The number of hydrogen-bond donors (Lipinski definition) is 2. The molecule has 0 saturated heterocycles. The van der Waals surface area contributed by atoms with Gasteiger partial charge in [-0.05, 0) is 24.6 Å². The van der Waals surface area contributed by atoms with Crippen molar-refractivity contribution in [2.75, 3.05) is 6.61 Å². The summed E-state index contributed by atoms with van der Waals surface area (Å²) in [5.41, 5.74) is 2.61. The van der Waals surface area contributed by atoms with E-state index in [-0.39, 0.29) is 11.9 Å². The van der Waals surface area contributed by atoms with E-state index in [4.69, 9.17) is 17.0 Å². The average molecular weight is 300 g/mol. The van der Waals surface area contributed by atoms with Crippen LogP contribution in [0.1, 0.15) is 33.9 Å². The predicted octanol–water partition coefficient (Wildman–Crippen LogP) is 3.31. The van der Waals surface area contributed by atoms with Crippen molar-refractivity contribution < 1.29 is 9.53 Å². The minimum atomic E-state index is -0.156. The molecule has 21 heavy (non-hydrogen) atoms. The fourth-order valence-electron chi connectivity index (χ4n) is 2.57. The molecular weight excluding hydrogens is 284 g/mol. The summed E-state index contributed by atoms with van der Waals surface area (Å²) in [7, 11) is 0. The summed E-state index contributed by atoms with van der Waals surface area (Å²) in [6.45, 7) is 2.61. The fraction of sp³-hybridized carbons (Fsp3) is 0.250. The predicted molar refractivity (Wildman–Crippen MR) is 83.1 cm³/mol. The monoisotopic (exact) mass is 300 g/mol. The highest BCUT2D eigenvalue weighted by molar-refractivity contribution is 7.71. The quantitative estimate of drug-likeness (QED) is 0.837. The first-order valence-corrected chi connectivity index (χ1v) is 7.28. The molecule has 0 saturated carbocycles. The van der Waals surface area contributed by atoms with Gasteiger partial charge in [0.25, 0.3) is 5.91 Å². The van der Waals surface area contributed by atoms with Gasteiger partial charge in [-0.2, -0.15) is 0 Å². The van der Waals surface area contributed by atoms with Crippen molar-refractivity contribution in [1.29, 1.82) is 0 Å². The summed E-state index contributed by atoms with van der Waals surface area (Å²) in [6.07, 6.45) is 2.47. The topological polar surface area (TPSA) is 54.1 Å². The third kappa shape index (κ3) is 2.69. The Hall–Kier alpha value is -2.14. The molecule has 0 unspecified atom stereocenters. The first kappa shape index (κ1) is 13.8. The molecule has 0 bridgehead atoms. The smallest absolute Gasteiger partial charge is 0.254 e. The van der Waals surface area contributed by atoms with E-state index in [2.05, 4.69) is 10.3 Å². The van der Waals surface area contributed by atoms with E-state index in [1.807, 2.05) is 25.1 Å². The first-order valence-electron chi connectivity index (χ1n) is 6.87. The van der Waals surface area contributed by atoms with Gasteiger partial charge >= 0.3 is 0 Å². The van der Waals surface area contributed by atoms with E-state index in [1.54, 1.807) is 18.3 Å². The van der Waals surface area contributed by atoms with Crippen LogP contribution in [0.3, 0.4) is 0 Å². The highest BCUT2D eigenvalue weighted by atomic mass is 32.1. The van der Waals surface area contributed by atoms with Crippen molar-refractivity contribution in [2.24, 2.45) is 0 Å². The molecule has 4 nitrogen and oxygen atoms in total. The Kier molecular flexibility index (Phi) is 3.75. The molecule has 0 spiro atoms. The van der Waals surface area contributed by atoms with Crippen LogP contribution in [0.5, 0.6) is 5.75 Å². The molecular formula is C16H16N2O2S. The average Bonchev–Trinajstić information content (AvgIpc) is 2.49. The number of pyridine rings is 1. The summed E-state index contributed by atoms with van der Waals surface area (Å²) < 4.78 is 6.17. The molecule has 1 amide bonds. The van der Waals surface area contributed by atoms with Crippen molar-refractivity contribution in [3.63, 3.8) is 0 Å². The van der Waals surface area contributed by atoms with Crippen LogP contribution < -0.4 is 10.1 Å². The van der Waals surface area contributed by atoms with Crippen molar-refractivity contribution in [2.45, 2.75) is 19.4 Å². The summed E-state index contributed by atoms with van der Waals surface area (Å²) in [5, 5.41) is 3.05. The lowest BCUT2D eigenvalue weighted by Crippen LogP contribution is -2.32. The van der Waals surface area contributed by atoms with Gasteiger partial charge in [-0.1, -0.05) is 30.4 Å². The van der Waals surface area contributed by atoms with Crippen molar-refractivity contribution in [1.82, 2.24) is 10.3 Å². The van der Waals surface area contributed by atoms with Crippen LogP contribution in [-0.4, -0.2) is 17.5 Å². The van der Waals surface area contributed by atoms with Crippen molar-refractivity contribution >= 4 is 18.1 Å². The number of aromatic amines is 1. The standard InChI is InChI=1S/C16H16N2O2S/c1-10-4-2-5-11-13(7-9-20-14(10)11)18-15(19)12-6-3-8-17-16(12)21/h2-6,8,13H,7,9H2,1H3,(H,17,21)(H,18,19)/t13-/m0/s1. The molecule has 0 fully saturated rings. The summed E-state index contributed by atoms with van der Waals surface area (Å²) in [6, 6.07) is 9.44. The number of H-pyrrole nitrogens is 1. The van der Waals surface area contributed by atoms with Crippen LogP contribution in [0.25, 0.3) is 0 Å². The SMILES string of the molecule is Cc1cccc2c1OCC[C@@H]2NC(=O)c1ccc[nH]c1=S. The normalized spacial score (nSPS) is 16.7. The number of amides is 1. The molecule has 2 N–H and O–H groups in total. The Bertz CT molecular complexity index is 739. The second-order valence-corrected chi connectivity index (χ2v) is 5.48. The molecule has 0 aliphatic carbocycles. The van der Waals surface area contributed by atoms with Gasteiger partial charge in [0.15, 0.2) is 0 Å². The van der Waals surface area contributed by atoms with Crippen LogP contribution in [0.2, 0.25) is 0 Å². The fourth-order valence-corrected chi connectivity index (χ4v) is 2.80. The molecule has 5 heteroatoms. The van der Waals surface area contributed by atoms with Crippen LogP contribution in [0.4, 0.5) is 0 Å². The zero-order chi connectivity index (χ0) is 14.8. The van der Waals surface area contributed by atoms with Crippen LogP contribution >= 0.6 is 12.2 Å². The molecule has 3 rings (SSSR count). The number of benzene rings is 1. The molecule has 1 aromatic carbocycles. The number of aromatic nitrogens is 1. The van der Waals surface area contributed by atoms with Gasteiger partial charge in [-0.3, -0.25) is 4.79 Å². The van der Waals surface area contributed by atoms with Gasteiger partial charge < -0.3 is 15.0 Å². The Morgan fingerprint density at radius 1 is 1.38 bits per heavy atom. The van der Waals surface area contributed by atoms with Crippen molar-refractivity contribution in [3.05, 3.63) is 57.9 Å². The largest absolute Gasteiger partial charge is 0.493 e. The lowest BCUT2D eigenvalue weighted by Gasteiger charge is -2.27. The number of aryl methyl sites for hydroxylation is 1. The number of fused-ring (bicyclic) bond motifs is 1. The molecule has 1 aliphatic heterocycles. The van der Waals surface area contributed by atoms with Gasteiger partial charge in [-0.25, -0.2) is 0 Å². The van der Waals surface area contributed by atoms with Crippen LogP contribution in [-0.2, 0) is 0 Å². The van der Waals surface area contributed by atoms with Gasteiger partial charge in [0.1, 0.15) is 10.4 Å². The first-order chi connectivity index (χ1) is 10.2. The molecule has 2 aromatic rings. The maximum Gasteiger partial charge on any atom is 0.254 e. The molecule has 1 aliphatic rings. The Labute approximate surface area is 128 Å². The van der Waals surface area contributed by atoms with E-state index >= 15 is 0 Å². The van der Waals surface area contributed by atoms with E-state index in [0.29, 0.717) is 16.8 Å². The van der Waals surface area contributed by atoms with E-state index in [0.717, 1.165) is 23.3 Å². The van der Waals surface area contributed by atoms with E-state index < -0.39 is 0 Å². The molecule has 2 heterocycles. The lowest BCUT2D eigenvalue weighted by molar-refractivity contribution is 0.0923. The zero-order valence-corrected chi connectivity index (χ0v) is 12.5. The van der Waals surface area contributed by atoms with Gasteiger partial charge in [0, 0.05) is 18.2 Å². The molecule has 1 atom stereocenters. The number of para-hydroxylation sites is 1. The van der Waals surface area contributed by atoms with E-state index in [9.17, 15) is 4.79 Å². The second kappa shape index (κ2) is 5.69. The lowest BCUT2D eigenvalue weighted by atomic mass is 9.97. The minimum absolute atomic E-state index is 0.0456. The third-order valence-corrected chi connectivity index (χ3v) is 3.98.